The number of sulfonamides is 1. The summed E-state index contributed by atoms with van der Waals surface area (Å²) in [4.78, 5) is 2.34. The van der Waals surface area contributed by atoms with E-state index in [2.05, 4.69) is 48.9 Å². The normalized spacial score (nSPS) is 16.1. The summed E-state index contributed by atoms with van der Waals surface area (Å²) < 4.78 is 40.0. The second-order valence-electron chi connectivity index (χ2n) is 6.40. The molecule has 0 aliphatic carbocycles. The highest BCUT2D eigenvalue weighted by atomic mass is 79.9. The van der Waals surface area contributed by atoms with E-state index in [-0.39, 0.29) is 10.6 Å². The number of piperazine rings is 1. The number of nitrogens with zero attached hydrogens (tertiary/aromatic N) is 2. The van der Waals surface area contributed by atoms with Gasteiger partial charge in [0.1, 0.15) is 4.90 Å². The van der Waals surface area contributed by atoms with Gasteiger partial charge in [0.15, 0.2) is 11.5 Å². The van der Waals surface area contributed by atoms with Crippen LogP contribution in [0.25, 0.3) is 0 Å². The van der Waals surface area contributed by atoms with Crippen molar-refractivity contribution in [2.75, 3.05) is 40.4 Å². The van der Waals surface area contributed by atoms with Gasteiger partial charge in [0.25, 0.3) is 0 Å². The molecular weight excluding hydrogens is 512 g/mol. The molecule has 6 nitrogen and oxygen atoms in total. The van der Waals surface area contributed by atoms with Gasteiger partial charge in [-0.1, -0.05) is 30.3 Å². The zero-order valence-corrected chi connectivity index (χ0v) is 19.7. The first-order valence-electron chi connectivity index (χ1n) is 8.75. The van der Waals surface area contributed by atoms with Crippen LogP contribution >= 0.6 is 31.9 Å². The second kappa shape index (κ2) is 9.13. The fourth-order valence-electron chi connectivity index (χ4n) is 3.24. The van der Waals surface area contributed by atoms with E-state index in [9.17, 15) is 8.42 Å². The predicted molar refractivity (Wildman–Crippen MR) is 115 cm³/mol. The minimum Gasteiger partial charge on any atom is -0.493 e. The molecule has 1 fully saturated rings. The maximum atomic E-state index is 13.4. The van der Waals surface area contributed by atoms with Crippen LogP contribution in [-0.4, -0.2) is 58.0 Å². The number of halogens is 2. The summed E-state index contributed by atoms with van der Waals surface area (Å²) >= 11 is 6.79. The third-order valence-electron chi connectivity index (χ3n) is 4.70. The van der Waals surface area contributed by atoms with E-state index in [0.29, 0.717) is 40.9 Å². The molecule has 152 valence electrons. The minimum atomic E-state index is -3.76. The van der Waals surface area contributed by atoms with Gasteiger partial charge in [-0.25, -0.2) is 8.42 Å². The number of rotatable bonds is 6. The van der Waals surface area contributed by atoms with E-state index in [0.717, 1.165) is 6.54 Å². The largest absolute Gasteiger partial charge is 0.493 e. The van der Waals surface area contributed by atoms with Crippen LogP contribution in [0.5, 0.6) is 11.5 Å². The number of benzene rings is 2. The standard InChI is InChI=1S/C19H22Br2N2O4S/c1-26-16-12-15(20)17(21)19(18(16)27-2)28(24,25)23-10-8-22(9-11-23)13-14-6-4-3-5-7-14/h3-7,12H,8-11,13H2,1-2H3. The molecule has 1 aliphatic heterocycles. The highest BCUT2D eigenvalue weighted by molar-refractivity contribution is 9.13. The van der Waals surface area contributed by atoms with E-state index in [1.165, 1.54) is 24.1 Å². The molecule has 0 saturated carbocycles. The van der Waals surface area contributed by atoms with Gasteiger partial charge in [-0.3, -0.25) is 4.90 Å². The number of hydrogen-bond acceptors (Lipinski definition) is 5. The Hall–Kier alpha value is -1.13. The van der Waals surface area contributed by atoms with Crippen LogP contribution in [0.4, 0.5) is 0 Å². The van der Waals surface area contributed by atoms with Crippen molar-refractivity contribution >= 4 is 41.9 Å². The third kappa shape index (κ3) is 4.38. The molecule has 0 amide bonds. The summed E-state index contributed by atoms with van der Waals surface area (Å²) in [6.45, 7) is 2.98. The lowest BCUT2D eigenvalue weighted by Crippen LogP contribution is -2.48. The van der Waals surface area contributed by atoms with E-state index in [1.54, 1.807) is 6.07 Å². The van der Waals surface area contributed by atoms with E-state index >= 15 is 0 Å². The summed E-state index contributed by atoms with van der Waals surface area (Å²) in [5, 5.41) is 0. The number of methoxy groups -OCH3 is 2. The quantitative estimate of drug-likeness (QED) is 0.566. The van der Waals surface area contributed by atoms with E-state index in [4.69, 9.17) is 9.47 Å². The van der Waals surface area contributed by atoms with Gasteiger partial charge >= 0.3 is 0 Å². The van der Waals surface area contributed by atoms with Gasteiger partial charge in [0, 0.05) is 37.2 Å². The maximum absolute atomic E-state index is 13.4. The van der Waals surface area contributed by atoms with Crippen molar-refractivity contribution in [1.29, 1.82) is 0 Å². The van der Waals surface area contributed by atoms with Crippen LogP contribution in [0.15, 0.2) is 50.2 Å². The van der Waals surface area contributed by atoms with Crippen LogP contribution in [0.2, 0.25) is 0 Å². The molecule has 2 aromatic rings. The molecule has 0 radical (unpaired) electrons. The summed E-state index contributed by atoms with van der Waals surface area (Å²) in [6.07, 6.45) is 0. The van der Waals surface area contributed by atoms with Gasteiger partial charge in [0.05, 0.1) is 18.7 Å². The van der Waals surface area contributed by atoms with Crippen molar-refractivity contribution in [1.82, 2.24) is 9.21 Å². The monoisotopic (exact) mass is 532 g/mol. The van der Waals surface area contributed by atoms with Crippen molar-refractivity contribution in [2.45, 2.75) is 11.4 Å². The van der Waals surface area contributed by atoms with Crippen molar-refractivity contribution in [3.05, 3.63) is 50.9 Å². The predicted octanol–water partition coefficient (Wildman–Crippen LogP) is 3.74. The Morgan fingerprint density at radius 2 is 1.64 bits per heavy atom. The molecule has 0 aromatic heterocycles. The van der Waals surface area contributed by atoms with Gasteiger partial charge in [-0.05, 0) is 43.5 Å². The Labute approximate surface area is 182 Å². The van der Waals surface area contributed by atoms with Crippen molar-refractivity contribution in [3.8, 4) is 11.5 Å². The second-order valence-corrected chi connectivity index (χ2v) is 9.92. The average molecular weight is 534 g/mol. The first-order chi connectivity index (χ1) is 13.4. The highest BCUT2D eigenvalue weighted by Crippen LogP contribution is 2.44. The van der Waals surface area contributed by atoms with Crippen LogP contribution < -0.4 is 9.47 Å². The SMILES string of the molecule is COc1cc(Br)c(Br)c(S(=O)(=O)N2CCN(Cc3ccccc3)CC2)c1OC. The Morgan fingerprint density at radius 1 is 1.00 bits per heavy atom. The smallest absolute Gasteiger partial charge is 0.248 e. The number of ether oxygens (including phenoxy) is 2. The van der Waals surface area contributed by atoms with Gasteiger partial charge in [-0.2, -0.15) is 4.31 Å². The van der Waals surface area contributed by atoms with Crippen LogP contribution in [0, 0.1) is 0 Å². The lowest BCUT2D eigenvalue weighted by atomic mass is 10.2. The molecule has 0 unspecified atom stereocenters. The first kappa shape index (κ1) is 21.6. The zero-order chi connectivity index (χ0) is 20.3. The summed E-state index contributed by atoms with van der Waals surface area (Å²) in [5.41, 5.74) is 1.22. The topological polar surface area (TPSA) is 59.1 Å². The third-order valence-corrected chi connectivity index (χ3v) is 8.89. The van der Waals surface area contributed by atoms with Gasteiger partial charge < -0.3 is 9.47 Å². The fourth-order valence-corrected chi connectivity index (χ4v) is 6.34. The van der Waals surface area contributed by atoms with Crippen LogP contribution in [-0.2, 0) is 16.6 Å². The van der Waals surface area contributed by atoms with E-state index < -0.39 is 10.0 Å². The molecule has 1 aliphatic rings. The molecule has 0 spiro atoms. The Balaban J connectivity index is 1.82. The average Bonchev–Trinajstić information content (AvgIpc) is 2.70. The highest BCUT2D eigenvalue weighted by Gasteiger charge is 2.35. The lowest BCUT2D eigenvalue weighted by Gasteiger charge is -2.34. The van der Waals surface area contributed by atoms with Crippen molar-refractivity contribution in [3.63, 3.8) is 0 Å². The Kier molecular flexibility index (Phi) is 7.03. The van der Waals surface area contributed by atoms with Crippen LogP contribution in [0.3, 0.4) is 0 Å². The molecule has 3 rings (SSSR count). The maximum Gasteiger partial charge on any atom is 0.248 e. The van der Waals surface area contributed by atoms with E-state index in [1.807, 2.05) is 18.2 Å². The summed E-state index contributed by atoms with van der Waals surface area (Å²) in [7, 11) is -0.839. The molecule has 9 heteroatoms. The van der Waals surface area contributed by atoms with Gasteiger partial charge in [-0.15, -0.1) is 0 Å². The molecule has 1 heterocycles. The van der Waals surface area contributed by atoms with Crippen molar-refractivity contribution in [2.24, 2.45) is 0 Å². The Bertz CT molecular complexity index is 931. The molecular formula is C19H22Br2N2O4S. The minimum absolute atomic E-state index is 0.0812. The summed E-state index contributed by atoms with van der Waals surface area (Å²) in [6, 6.07) is 11.9. The molecule has 0 N–H and O–H groups in total. The fraction of sp³-hybridized carbons (Fsp3) is 0.368. The lowest BCUT2D eigenvalue weighted by molar-refractivity contribution is 0.181. The first-order valence-corrected chi connectivity index (χ1v) is 11.8. The Morgan fingerprint density at radius 3 is 2.21 bits per heavy atom. The molecule has 1 saturated heterocycles. The van der Waals surface area contributed by atoms with Crippen molar-refractivity contribution < 1.29 is 17.9 Å². The van der Waals surface area contributed by atoms with Crippen LogP contribution in [0.1, 0.15) is 5.56 Å². The molecule has 0 bridgehead atoms. The molecule has 28 heavy (non-hydrogen) atoms. The van der Waals surface area contributed by atoms with Gasteiger partial charge in [0.2, 0.25) is 10.0 Å². The molecule has 2 aromatic carbocycles. The molecule has 0 atom stereocenters. The summed E-state index contributed by atoms with van der Waals surface area (Å²) in [5.74, 6) is 0.558. The number of hydrogen-bond donors (Lipinski definition) is 0. The zero-order valence-electron chi connectivity index (χ0n) is 15.7.